The summed E-state index contributed by atoms with van der Waals surface area (Å²) in [6.07, 6.45) is 0. The van der Waals surface area contributed by atoms with E-state index in [4.69, 9.17) is 9.47 Å². The molecule has 0 saturated carbocycles. The zero-order valence-electron chi connectivity index (χ0n) is 19.1. The molecule has 0 spiro atoms. The first-order valence-electron chi connectivity index (χ1n) is 10.6. The highest BCUT2D eigenvalue weighted by molar-refractivity contribution is 5.52. The first-order valence-corrected chi connectivity index (χ1v) is 10.6. The van der Waals surface area contributed by atoms with Gasteiger partial charge in [0.25, 0.3) is 0 Å². The second-order valence-electron chi connectivity index (χ2n) is 7.81. The number of rotatable bonds is 8. The number of hydrogen-bond acceptors (Lipinski definition) is 7. The first kappa shape index (κ1) is 22.3. The highest BCUT2D eigenvalue weighted by Crippen LogP contribution is 2.38. The molecule has 0 fully saturated rings. The number of benzene rings is 3. The summed E-state index contributed by atoms with van der Waals surface area (Å²) in [5.41, 5.74) is 3.98. The van der Waals surface area contributed by atoms with Gasteiger partial charge < -0.3 is 14.6 Å². The molecule has 170 valence electrons. The van der Waals surface area contributed by atoms with E-state index in [-0.39, 0.29) is 11.8 Å². The Morgan fingerprint density at radius 2 is 1.61 bits per heavy atom. The Labute approximate surface area is 193 Å². The molecule has 0 aliphatic rings. The van der Waals surface area contributed by atoms with Crippen LogP contribution in [0.2, 0.25) is 0 Å². The number of phenols is 1. The van der Waals surface area contributed by atoms with Crippen molar-refractivity contribution in [3.8, 4) is 22.9 Å². The van der Waals surface area contributed by atoms with Gasteiger partial charge in [-0.3, -0.25) is 4.90 Å². The molecule has 1 heterocycles. The monoisotopic (exact) mass is 445 g/mol. The van der Waals surface area contributed by atoms with Gasteiger partial charge in [0.05, 0.1) is 25.9 Å². The lowest BCUT2D eigenvalue weighted by atomic mass is 10.0. The Hall–Kier alpha value is -3.91. The van der Waals surface area contributed by atoms with Gasteiger partial charge in [0.2, 0.25) is 5.75 Å². The van der Waals surface area contributed by atoms with Crippen molar-refractivity contribution in [3.05, 3.63) is 89.2 Å². The highest BCUT2D eigenvalue weighted by Gasteiger charge is 2.27. The third-order valence-corrected chi connectivity index (χ3v) is 5.61. The van der Waals surface area contributed by atoms with Gasteiger partial charge in [0.15, 0.2) is 17.3 Å². The predicted molar refractivity (Wildman–Crippen MR) is 125 cm³/mol. The zero-order valence-corrected chi connectivity index (χ0v) is 19.1. The number of phenolic OH excluding ortho intramolecular Hbond substituents is 1. The number of para-hydroxylation sites is 1. The summed E-state index contributed by atoms with van der Waals surface area (Å²) in [5.74, 6) is 1.41. The summed E-state index contributed by atoms with van der Waals surface area (Å²) in [6, 6.07) is 21.5. The van der Waals surface area contributed by atoms with E-state index in [2.05, 4.69) is 32.6 Å². The molecule has 4 rings (SSSR count). The fourth-order valence-corrected chi connectivity index (χ4v) is 3.99. The lowest BCUT2D eigenvalue weighted by Crippen LogP contribution is -2.28. The van der Waals surface area contributed by atoms with Gasteiger partial charge in [-0.25, -0.2) is 0 Å². The molecule has 0 bridgehead atoms. The summed E-state index contributed by atoms with van der Waals surface area (Å²) in [6.45, 7) is 2.57. The van der Waals surface area contributed by atoms with Crippen LogP contribution in [-0.2, 0) is 6.54 Å². The standard InChI is InChI=1S/C25H27N5O3/c1-17-10-8-9-13-20(17)30-25(26-27-28-30)23(19-11-6-5-7-12-19)29(2)16-18-14-21(32-3)24(31)22(15-18)33-4/h5-15,23,31H,16H2,1-4H3. The summed E-state index contributed by atoms with van der Waals surface area (Å²) < 4.78 is 12.5. The van der Waals surface area contributed by atoms with Gasteiger partial charge in [0, 0.05) is 6.54 Å². The topological polar surface area (TPSA) is 85.5 Å². The van der Waals surface area contributed by atoms with Crippen molar-refractivity contribution in [2.45, 2.75) is 19.5 Å². The Balaban J connectivity index is 1.77. The summed E-state index contributed by atoms with van der Waals surface area (Å²) in [4.78, 5) is 2.15. The molecular formula is C25H27N5O3. The average molecular weight is 446 g/mol. The molecule has 4 aromatic rings. The third-order valence-electron chi connectivity index (χ3n) is 5.61. The molecule has 33 heavy (non-hydrogen) atoms. The van der Waals surface area contributed by atoms with E-state index in [1.807, 2.05) is 56.4 Å². The molecule has 0 amide bonds. The van der Waals surface area contributed by atoms with E-state index in [1.54, 1.807) is 16.8 Å². The molecule has 0 radical (unpaired) electrons. The predicted octanol–water partition coefficient (Wildman–Crippen LogP) is 3.91. The number of tetrazole rings is 1. The molecule has 1 atom stereocenters. The van der Waals surface area contributed by atoms with Crippen molar-refractivity contribution in [3.63, 3.8) is 0 Å². The molecule has 0 aliphatic heterocycles. The minimum absolute atomic E-state index is 0.0190. The SMILES string of the molecule is COc1cc(CN(C)C(c2ccccc2)c2nnnn2-c2ccccc2C)cc(OC)c1O. The van der Waals surface area contributed by atoms with Crippen LogP contribution >= 0.6 is 0 Å². The van der Waals surface area contributed by atoms with Crippen molar-refractivity contribution in [2.75, 3.05) is 21.3 Å². The van der Waals surface area contributed by atoms with Crippen molar-refractivity contribution in [1.82, 2.24) is 25.1 Å². The number of methoxy groups -OCH3 is 2. The molecule has 1 aromatic heterocycles. The first-order chi connectivity index (χ1) is 16.0. The van der Waals surface area contributed by atoms with Crippen LogP contribution in [-0.4, -0.2) is 51.5 Å². The van der Waals surface area contributed by atoms with Gasteiger partial charge in [-0.05, 0) is 59.3 Å². The average Bonchev–Trinajstić information content (AvgIpc) is 3.30. The molecule has 0 aliphatic carbocycles. The van der Waals surface area contributed by atoms with E-state index in [1.165, 1.54) is 14.2 Å². The summed E-state index contributed by atoms with van der Waals surface area (Å²) in [7, 11) is 5.05. The second kappa shape index (κ2) is 9.70. The molecule has 8 heteroatoms. The summed E-state index contributed by atoms with van der Waals surface area (Å²) >= 11 is 0. The fraction of sp³-hybridized carbons (Fsp3) is 0.240. The molecule has 0 saturated heterocycles. The lowest BCUT2D eigenvalue weighted by Gasteiger charge is -2.28. The van der Waals surface area contributed by atoms with E-state index >= 15 is 0 Å². The quantitative estimate of drug-likeness (QED) is 0.440. The lowest BCUT2D eigenvalue weighted by molar-refractivity contribution is 0.256. The second-order valence-corrected chi connectivity index (χ2v) is 7.81. The third kappa shape index (κ3) is 4.51. The Morgan fingerprint density at radius 3 is 2.24 bits per heavy atom. The number of aromatic nitrogens is 4. The molecular weight excluding hydrogens is 418 g/mol. The number of hydrogen-bond donors (Lipinski definition) is 1. The number of aryl methyl sites for hydroxylation is 1. The van der Waals surface area contributed by atoms with Gasteiger partial charge in [-0.1, -0.05) is 48.5 Å². The van der Waals surface area contributed by atoms with Crippen molar-refractivity contribution in [2.24, 2.45) is 0 Å². The Bertz CT molecular complexity index is 1200. The van der Waals surface area contributed by atoms with Crippen LogP contribution in [0.3, 0.4) is 0 Å². The van der Waals surface area contributed by atoms with E-state index < -0.39 is 0 Å². The zero-order chi connectivity index (χ0) is 23.4. The maximum absolute atomic E-state index is 10.3. The Morgan fingerprint density at radius 1 is 0.970 bits per heavy atom. The van der Waals surface area contributed by atoms with Gasteiger partial charge in [-0.2, -0.15) is 4.68 Å². The number of nitrogens with zero attached hydrogens (tertiary/aromatic N) is 5. The smallest absolute Gasteiger partial charge is 0.200 e. The van der Waals surface area contributed by atoms with E-state index in [0.717, 1.165) is 22.4 Å². The molecule has 1 N–H and O–H groups in total. The van der Waals surface area contributed by atoms with Crippen LogP contribution < -0.4 is 9.47 Å². The van der Waals surface area contributed by atoms with Crippen LogP contribution in [0.5, 0.6) is 17.2 Å². The maximum Gasteiger partial charge on any atom is 0.200 e. The highest BCUT2D eigenvalue weighted by atomic mass is 16.5. The molecule has 1 unspecified atom stereocenters. The van der Waals surface area contributed by atoms with E-state index in [9.17, 15) is 5.11 Å². The maximum atomic E-state index is 10.3. The van der Waals surface area contributed by atoms with Crippen molar-refractivity contribution < 1.29 is 14.6 Å². The van der Waals surface area contributed by atoms with Crippen molar-refractivity contribution >= 4 is 0 Å². The normalized spacial score (nSPS) is 12.0. The van der Waals surface area contributed by atoms with Crippen LogP contribution in [0.15, 0.2) is 66.7 Å². The fourth-order valence-electron chi connectivity index (χ4n) is 3.99. The van der Waals surface area contributed by atoms with Crippen LogP contribution in [0.4, 0.5) is 0 Å². The molecule has 3 aromatic carbocycles. The number of ether oxygens (including phenoxy) is 2. The minimum Gasteiger partial charge on any atom is -0.502 e. The van der Waals surface area contributed by atoms with E-state index in [0.29, 0.717) is 23.9 Å². The van der Waals surface area contributed by atoms with Crippen LogP contribution in [0.25, 0.3) is 5.69 Å². The minimum atomic E-state index is -0.230. The summed E-state index contributed by atoms with van der Waals surface area (Å²) in [5, 5.41) is 23.0. The largest absolute Gasteiger partial charge is 0.502 e. The van der Waals surface area contributed by atoms with Crippen LogP contribution in [0, 0.1) is 6.92 Å². The van der Waals surface area contributed by atoms with Crippen molar-refractivity contribution in [1.29, 1.82) is 0 Å². The number of aromatic hydroxyl groups is 1. The van der Waals surface area contributed by atoms with Crippen LogP contribution in [0.1, 0.15) is 28.6 Å². The van der Waals surface area contributed by atoms with Gasteiger partial charge >= 0.3 is 0 Å². The van der Waals surface area contributed by atoms with Gasteiger partial charge in [0.1, 0.15) is 0 Å². The molecule has 8 nitrogen and oxygen atoms in total. The van der Waals surface area contributed by atoms with Gasteiger partial charge in [-0.15, -0.1) is 5.10 Å². The Kier molecular flexibility index (Phi) is 6.55.